The molecule has 1 saturated heterocycles. The first kappa shape index (κ1) is 23.0. The summed E-state index contributed by atoms with van der Waals surface area (Å²) in [6.45, 7) is 8.02. The van der Waals surface area contributed by atoms with Crippen LogP contribution in [0.5, 0.6) is 0 Å². The lowest BCUT2D eigenvalue weighted by Crippen LogP contribution is -2.41. The highest BCUT2D eigenvalue weighted by Gasteiger charge is 2.33. The maximum absolute atomic E-state index is 13.1. The van der Waals surface area contributed by atoms with Gasteiger partial charge in [-0.2, -0.15) is 9.37 Å². The molecule has 174 valence electrons. The molecule has 11 heteroatoms. The third-order valence-corrected chi connectivity index (χ3v) is 6.95. The molecule has 0 spiro atoms. The van der Waals surface area contributed by atoms with Gasteiger partial charge in [-0.3, -0.25) is 4.98 Å². The van der Waals surface area contributed by atoms with Crippen LogP contribution in [0, 0.1) is 5.95 Å². The van der Waals surface area contributed by atoms with E-state index in [9.17, 15) is 9.18 Å². The molecule has 4 heterocycles. The molecule has 1 aliphatic heterocycles. The van der Waals surface area contributed by atoms with Crippen LogP contribution in [0.2, 0.25) is 25.7 Å². The number of anilines is 1. The lowest BCUT2D eigenvalue weighted by molar-refractivity contribution is 0.0728. The van der Waals surface area contributed by atoms with Crippen molar-refractivity contribution in [2.45, 2.75) is 44.9 Å². The minimum Gasteiger partial charge on any atom is -0.441 e. The molecule has 1 amide bonds. The number of amides is 1. The summed E-state index contributed by atoms with van der Waals surface area (Å²) in [7, 11) is -1.23. The van der Waals surface area contributed by atoms with Crippen molar-refractivity contribution in [3.05, 3.63) is 54.4 Å². The summed E-state index contributed by atoms with van der Waals surface area (Å²) < 4.78 is 26.2. The fourth-order valence-corrected chi connectivity index (χ4v) is 4.11. The smallest absolute Gasteiger partial charge is 0.417 e. The Morgan fingerprint density at radius 2 is 2.00 bits per heavy atom. The predicted molar refractivity (Wildman–Crippen MR) is 123 cm³/mol. The van der Waals surface area contributed by atoms with E-state index < -0.39 is 26.2 Å². The molecule has 3 aromatic heterocycles. The zero-order valence-corrected chi connectivity index (χ0v) is 19.9. The second-order valence-electron chi connectivity index (χ2n) is 9.05. The SMILES string of the molecule is C[Si](C)(C)CCOCn1nc(-c2ccncc2)nc1N1CCC(c2ccc(F)nc2)OC1=O. The van der Waals surface area contributed by atoms with Crippen LogP contribution in [0.25, 0.3) is 11.4 Å². The number of carbonyl (C=O) groups is 1. The summed E-state index contributed by atoms with van der Waals surface area (Å²) in [5.41, 5.74) is 1.44. The first-order chi connectivity index (χ1) is 15.8. The van der Waals surface area contributed by atoms with E-state index in [-0.39, 0.29) is 6.73 Å². The second kappa shape index (κ2) is 9.75. The Kier molecular flexibility index (Phi) is 6.79. The maximum atomic E-state index is 13.1. The topological polar surface area (TPSA) is 95.3 Å². The highest BCUT2D eigenvalue weighted by molar-refractivity contribution is 6.76. The van der Waals surface area contributed by atoms with Gasteiger partial charge in [-0.05, 0) is 30.3 Å². The summed E-state index contributed by atoms with van der Waals surface area (Å²) >= 11 is 0. The Bertz CT molecular complexity index is 1090. The molecular formula is C22H27FN6O3Si. The standard InChI is InChI=1S/C22H27FN6O3Si/c1-33(2,3)13-12-31-15-29-21(26-20(27-29)16-6-9-24-10-7-16)28-11-8-18(32-22(28)30)17-4-5-19(23)25-14-17/h4-7,9-10,14,18H,8,11-13,15H2,1-3H3. The quantitative estimate of drug-likeness (QED) is 0.275. The first-order valence-corrected chi connectivity index (χ1v) is 14.5. The molecule has 0 saturated carbocycles. The number of hydrogen-bond acceptors (Lipinski definition) is 7. The molecule has 9 nitrogen and oxygen atoms in total. The molecule has 0 radical (unpaired) electrons. The zero-order valence-electron chi connectivity index (χ0n) is 18.9. The van der Waals surface area contributed by atoms with E-state index in [4.69, 9.17) is 9.47 Å². The van der Waals surface area contributed by atoms with Crippen molar-refractivity contribution < 1.29 is 18.7 Å². The number of pyridine rings is 2. The maximum Gasteiger partial charge on any atom is 0.417 e. The number of rotatable bonds is 8. The molecule has 1 unspecified atom stereocenters. The number of ether oxygens (including phenoxy) is 2. The van der Waals surface area contributed by atoms with Gasteiger partial charge >= 0.3 is 6.09 Å². The van der Waals surface area contributed by atoms with Crippen molar-refractivity contribution in [3.63, 3.8) is 0 Å². The molecule has 4 rings (SSSR count). The van der Waals surface area contributed by atoms with Crippen molar-refractivity contribution >= 4 is 20.1 Å². The molecule has 1 fully saturated rings. The molecular weight excluding hydrogens is 443 g/mol. The lowest BCUT2D eigenvalue weighted by Gasteiger charge is -2.30. The van der Waals surface area contributed by atoms with Crippen LogP contribution in [0.1, 0.15) is 18.1 Å². The van der Waals surface area contributed by atoms with Gasteiger partial charge in [-0.25, -0.2) is 19.4 Å². The number of carbonyl (C=O) groups excluding carboxylic acids is 1. The highest BCUT2D eigenvalue weighted by Crippen LogP contribution is 2.30. The van der Waals surface area contributed by atoms with E-state index in [1.807, 2.05) is 12.1 Å². The first-order valence-electron chi connectivity index (χ1n) is 10.8. The Balaban J connectivity index is 1.53. The molecule has 0 N–H and O–H groups in total. The Morgan fingerprint density at radius 3 is 2.67 bits per heavy atom. The minimum absolute atomic E-state index is 0.174. The van der Waals surface area contributed by atoms with Crippen LogP contribution in [0.15, 0.2) is 42.9 Å². The van der Waals surface area contributed by atoms with Crippen molar-refractivity contribution in [2.24, 2.45) is 0 Å². The minimum atomic E-state index is -1.23. The van der Waals surface area contributed by atoms with Crippen LogP contribution < -0.4 is 4.90 Å². The van der Waals surface area contributed by atoms with Crippen molar-refractivity contribution in [1.82, 2.24) is 24.7 Å². The van der Waals surface area contributed by atoms with Gasteiger partial charge in [0.1, 0.15) is 12.8 Å². The monoisotopic (exact) mass is 470 g/mol. The van der Waals surface area contributed by atoms with Crippen LogP contribution in [-0.2, 0) is 16.2 Å². The molecule has 33 heavy (non-hydrogen) atoms. The average Bonchev–Trinajstić information content (AvgIpc) is 3.21. The Hall–Kier alpha value is -3.18. The Morgan fingerprint density at radius 1 is 1.21 bits per heavy atom. The van der Waals surface area contributed by atoms with Gasteiger partial charge in [0.15, 0.2) is 5.82 Å². The van der Waals surface area contributed by atoms with E-state index in [0.717, 1.165) is 11.6 Å². The van der Waals surface area contributed by atoms with Gasteiger partial charge < -0.3 is 9.47 Å². The highest BCUT2D eigenvalue weighted by atomic mass is 28.3. The van der Waals surface area contributed by atoms with Crippen LogP contribution in [0.3, 0.4) is 0 Å². The number of hydrogen-bond donors (Lipinski definition) is 0. The number of halogens is 1. The van der Waals surface area contributed by atoms with Gasteiger partial charge in [-0.1, -0.05) is 19.6 Å². The summed E-state index contributed by atoms with van der Waals surface area (Å²) in [5, 5.41) is 4.57. The lowest BCUT2D eigenvalue weighted by atomic mass is 10.1. The van der Waals surface area contributed by atoms with E-state index >= 15 is 0 Å². The second-order valence-corrected chi connectivity index (χ2v) is 14.7. The predicted octanol–water partition coefficient (Wildman–Crippen LogP) is 4.27. The van der Waals surface area contributed by atoms with Gasteiger partial charge in [0.25, 0.3) is 0 Å². The van der Waals surface area contributed by atoms with Crippen molar-refractivity contribution in [2.75, 3.05) is 18.1 Å². The van der Waals surface area contributed by atoms with Crippen LogP contribution in [-0.4, -0.2) is 52.1 Å². The summed E-state index contributed by atoms with van der Waals surface area (Å²) in [4.78, 5) is 26.6. The third kappa shape index (κ3) is 5.79. The molecule has 3 aromatic rings. The van der Waals surface area contributed by atoms with Gasteiger partial charge in [-0.15, -0.1) is 5.10 Å². The van der Waals surface area contributed by atoms with Crippen LogP contribution >= 0.6 is 0 Å². The molecule has 0 aliphatic carbocycles. The van der Waals surface area contributed by atoms with E-state index in [1.165, 1.54) is 17.2 Å². The summed E-state index contributed by atoms with van der Waals surface area (Å²) in [6, 6.07) is 7.47. The van der Waals surface area contributed by atoms with E-state index in [1.54, 1.807) is 23.1 Å². The van der Waals surface area contributed by atoms with Crippen molar-refractivity contribution in [3.8, 4) is 11.4 Å². The average molecular weight is 471 g/mol. The van der Waals surface area contributed by atoms with E-state index in [2.05, 4.69) is 39.7 Å². The van der Waals surface area contributed by atoms with Gasteiger partial charge in [0, 0.05) is 57.4 Å². The molecule has 1 atom stereocenters. The van der Waals surface area contributed by atoms with E-state index in [0.29, 0.717) is 36.9 Å². The third-order valence-electron chi connectivity index (χ3n) is 5.24. The van der Waals surface area contributed by atoms with Crippen LogP contribution in [0.4, 0.5) is 15.1 Å². The number of aromatic nitrogens is 5. The number of cyclic esters (lactones) is 1. The molecule has 0 aromatic carbocycles. The molecule has 1 aliphatic rings. The Labute approximate surface area is 192 Å². The fraction of sp³-hybridized carbons (Fsp3) is 0.409. The van der Waals surface area contributed by atoms with Gasteiger partial charge in [0.2, 0.25) is 11.9 Å². The van der Waals surface area contributed by atoms with Crippen molar-refractivity contribution in [1.29, 1.82) is 0 Å². The summed E-state index contributed by atoms with van der Waals surface area (Å²) in [5.74, 6) is 0.253. The number of nitrogens with zero attached hydrogens (tertiary/aromatic N) is 6. The van der Waals surface area contributed by atoms with Gasteiger partial charge in [0.05, 0.1) is 0 Å². The largest absolute Gasteiger partial charge is 0.441 e. The molecule has 0 bridgehead atoms. The summed E-state index contributed by atoms with van der Waals surface area (Å²) in [6.07, 6.45) is 4.18. The fourth-order valence-electron chi connectivity index (χ4n) is 3.35. The zero-order chi connectivity index (χ0) is 23.4. The normalized spacial score (nSPS) is 16.7.